The van der Waals surface area contributed by atoms with Crippen LogP contribution in [0.15, 0.2) is 273 Å². The number of hydrogen-bond acceptors (Lipinski definition) is 19. The van der Waals surface area contributed by atoms with Crippen molar-refractivity contribution in [2.24, 2.45) is 0 Å². The predicted octanol–water partition coefficient (Wildman–Crippen LogP) is 19.9. The molecule has 0 aromatic heterocycles. The molecular weight excluding hydrogens is 1600 g/mol. The van der Waals surface area contributed by atoms with Crippen LogP contribution in [0, 0.1) is 0 Å². The van der Waals surface area contributed by atoms with Crippen LogP contribution in [0.1, 0.15) is 102 Å². The molecule has 0 saturated carbocycles. The first-order valence-corrected chi connectivity index (χ1v) is 41.8. The number of β-lactam (4-membered cyclic amide) rings is 3. The standard InChI is InChI=1S/C102H96N3O19P/c1-61-91(103(100(61)106)70-52-82(110-4)97(119-13)83(53-70)111-5)76-58-88(94(116-10)79(49-67-40-28-19-29-41-67)73(76)46-64-34-22-16-23-35-64)122-125(109,123-89-59-77(92-62(2)101(107)104(92)71-54-84(112-6)98(120-14)85(55-71)113-7)74(47-65-36-24-17-25-37-65)80(95(89)117-11)50-68-42-30-20-31-43-68)124-90-60-78(93-63(3)102(108)105(93)72-56-86(114-8)99(121-15)87(57-72)115-9)75(48-66-38-26-18-27-39-66)81(96(90)118-12)51-69-44-32-21-33-45-69/h16-45,52-60,91-93H,1-3,46-51H2,4-15H3/t91-,92-,93-/m1/s1. The van der Waals surface area contributed by atoms with Gasteiger partial charge < -0.3 is 70.4 Å². The second-order valence-electron chi connectivity index (χ2n) is 30.0. The van der Waals surface area contributed by atoms with Crippen LogP contribution in [0.25, 0.3) is 0 Å². The third-order valence-electron chi connectivity index (χ3n) is 23.0. The van der Waals surface area contributed by atoms with Gasteiger partial charge in [0.05, 0.1) is 121 Å². The molecule has 23 heteroatoms. The Balaban J connectivity index is 1.05. The van der Waals surface area contributed by atoms with Crippen LogP contribution >= 0.6 is 7.82 Å². The maximum absolute atomic E-state index is 18.8. The Morgan fingerprint density at radius 1 is 0.248 bits per heavy atom. The zero-order valence-corrected chi connectivity index (χ0v) is 72.6. The number of methoxy groups -OCH3 is 12. The van der Waals surface area contributed by atoms with Crippen LogP contribution in [0.5, 0.6) is 86.2 Å². The maximum Gasteiger partial charge on any atom is 0.647 e. The lowest BCUT2D eigenvalue weighted by Gasteiger charge is -2.44. The Bertz CT molecular complexity index is 5490. The molecule has 638 valence electrons. The summed E-state index contributed by atoms with van der Waals surface area (Å²) in [5, 5.41) is 0. The summed E-state index contributed by atoms with van der Waals surface area (Å²) in [6, 6.07) is 71.1. The molecule has 0 N–H and O–H groups in total. The average molecular weight is 1700 g/mol. The van der Waals surface area contributed by atoms with E-state index in [0.717, 1.165) is 33.4 Å². The van der Waals surface area contributed by atoms with Crippen LogP contribution in [0.4, 0.5) is 17.1 Å². The van der Waals surface area contributed by atoms with Gasteiger partial charge in [0.2, 0.25) is 17.2 Å². The van der Waals surface area contributed by atoms with Gasteiger partial charge in [0.1, 0.15) is 0 Å². The zero-order valence-electron chi connectivity index (χ0n) is 71.7. The van der Waals surface area contributed by atoms with Crippen LogP contribution < -0.4 is 85.1 Å². The van der Waals surface area contributed by atoms with E-state index >= 15 is 18.9 Å². The molecule has 3 atom stereocenters. The molecule has 15 rings (SSSR count). The Hall–Kier alpha value is -14.5. The fraction of sp³-hybridized carbons (Fsp3) is 0.206. The summed E-state index contributed by atoms with van der Waals surface area (Å²) in [6.45, 7) is 13.5. The van der Waals surface area contributed by atoms with E-state index in [2.05, 4.69) is 19.7 Å². The molecule has 3 fully saturated rings. The van der Waals surface area contributed by atoms with Crippen molar-refractivity contribution in [2.45, 2.75) is 56.7 Å². The quantitative estimate of drug-likeness (QED) is 0.0203. The molecule has 12 aromatic rings. The molecule has 0 spiro atoms. The highest BCUT2D eigenvalue weighted by molar-refractivity contribution is 7.49. The largest absolute Gasteiger partial charge is 0.647 e. The number of benzene rings is 12. The smallest absolute Gasteiger partial charge is 0.493 e. The molecule has 125 heavy (non-hydrogen) atoms. The number of carbonyl (C=O) groups excluding carboxylic acids is 3. The first-order valence-electron chi connectivity index (χ1n) is 40.4. The summed E-state index contributed by atoms with van der Waals surface area (Å²) in [5.74, 6) is 1.01. The normalized spacial score (nSPS) is 14.8. The molecule has 3 amide bonds. The predicted molar refractivity (Wildman–Crippen MR) is 480 cm³/mol. The fourth-order valence-corrected chi connectivity index (χ4v) is 18.3. The van der Waals surface area contributed by atoms with Crippen molar-refractivity contribution in [1.82, 2.24) is 0 Å². The Morgan fingerprint density at radius 3 is 0.608 bits per heavy atom. The zero-order chi connectivity index (χ0) is 87.9. The van der Waals surface area contributed by atoms with Gasteiger partial charge in [-0.05, 0) is 104 Å². The third kappa shape index (κ3) is 16.6. The van der Waals surface area contributed by atoms with Gasteiger partial charge in [-0.3, -0.25) is 29.1 Å². The second kappa shape index (κ2) is 37.1. The monoisotopic (exact) mass is 1700 g/mol. The van der Waals surface area contributed by atoms with E-state index < -0.39 is 43.7 Å². The van der Waals surface area contributed by atoms with E-state index in [0.29, 0.717) is 84.4 Å². The molecule has 0 unspecified atom stereocenters. The van der Waals surface area contributed by atoms with Crippen molar-refractivity contribution in [2.75, 3.05) is 100 Å². The Kier molecular flexibility index (Phi) is 25.3. The highest BCUT2D eigenvalue weighted by atomic mass is 31.2. The van der Waals surface area contributed by atoms with Gasteiger partial charge in [0, 0.05) is 89.1 Å². The van der Waals surface area contributed by atoms with Gasteiger partial charge in [0.25, 0.3) is 17.7 Å². The van der Waals surface area contributed by atoms with Crippen molar-refractivity contribution in [1.29, 1.82) is 0 Å². The summed E-state index contributed by atoms with van der Waals surface area (Å²) in [6.07, 6.45) is 1.27. The third-order valence-corrected chi connectivity index (χ3v) is 24.2. The number of rotatable bonds is 36. The van der Waals surface area contributed by atoms with E-state index in [9.17, 15) is 0 Å². The van der Waals surface area contributed by atoms with Crippen LogP contribution in [0.2, 0.25) is 0 Å². The van der Waals surface area contributed by atoms with Gasteiger partial charge in [-0.15, -0.1) is 0 Å². The lowest BCUT2D eigenvalue weighted by molar-refractivity contribution is -0.119. The Morgan fingerprint density at radius 2 is 0.432 bits per heavy atom. The second-order valence-corrected chi connectivity index (χ2v) is 31.5. The van der Waals surface area contributed by atoms with Crippen molar-refractivity contribution < 1.29 is 89.4 Å². The summed E-state index contributed by atoms with van der Waals surface area (Å²) in [7, 11) is 12.2. The molecule has 3 heterocycles. The van der Waals surface area contributed by atoms with Crippen molar-refractivity contribution in [3.05, 3.63) is 356 Å². The molecule has 0 radical (unpaired) electrons. The van der Waals surface area contributed by atoms with Crippen LogP contribution in [-0.4, -0.2) is 103 Å². The lowest BCUT2D eigenvalue weighted by Crippen LogP contribution is -2.49. The summed E-state index contributed by atoms with van der Waals surface area (Å²) in [5.41, 5.74) is 12.1. The number of amides is 3. The van der Waals surface area contributed by atoms with Crippen molar-refractivity contribution >= 4 is 42.6 Å². The molecule has 3 aliphatic rings. The first-order chi connectivity index (χ1) is 60.8. The lowest BCUT2D eigenvalue weighted by atomic mass is 9.81. The van der Waals surface area contributed by atoms with Crippen LogP contribution in [-0.2, 0) is 57.5 Å². The molecule has 22 nitrogen and oxygen atoms in total. The highest BCUT2D eigenvalue weighted by Crippen LogP contribution is 2.62. The molecular formula is C102H96N3O19P. The minimum atomic E-state index is -5.76. The highest BCUT2D eigenvalue weighted by Gasteiger charge is 2.51. The number of ether oxygens (including phenoxy) is 12. The Labute approximate surface area is 727 Å². The number of nitrogens with zero attached hydrogens (tertiary/aromatic N) is 3. The van der Waals surface area contributed by atoms with Gasteiger partial charge in [-0.25, -0.2) is 0 Å². The number of anilines is 3. The summed E-state index contributed by atoms with van der Waals surface area (Å²) in [4.78, 5) is 50.2. The molecule has 0 bridgehead atoms. The average Bonchev–Trinajstić information content (AvgIpc) is 0.728. The van der Waals surface area contributed by atoms with E-state index in [4.69, 9.17) is 70.4 Å². The van der Waals surface area contributed by atoms with E-state index in [1.54, 1.807) is 69.3 Å². The number of phosphoric ester groups is 1. The topological polar surface area (TPSA) is 216 Å². The molecule has 3 aliphatic heterocycles. The van der Waals surface area contributed by atoms with Gasteiger partial charge in [0.15, 0.2) is 69.0 Å². The minimum absolute atomic E-state index is 0.105. The van der Waals surface area contributed by atoms with Gasteiger partial charge >= 0.3 is 7.82 Å². The van der Waals surface area contributed by atoms with Crippen molar-refractivity contribution in [3.63, 3.8) is 0 Å². The first kappa shape index (κ1) is 85.5. The maximum atomic E-state index is 18.8. The van der Waals surface area contributed by atoms with Crippen LogP contribution in [0.3, 0.4) is 0 Å². The fourth-order valence-electron chi connectivity index (χ4n) is 17.1. The van der Waals surface area contributed by atoms with E-state index in [1.165, 1.54) is 85.3 Å². The minimum Gasteiger partial charge on any atom is -0.493 e. The molecule has 0 aliphatic carbocycles. The van der Waals surface area contributed by atoms with E-state index in [-0.39, 0.29) is 124 Å². The summed E-state index contributed by atoms with van der Waals surface area (Å²) < 4.78 is 115. The summed E-state index contributed by atoms with van der Waals surface area (Å²) >= 11 is 0. The number of phosphoric acid groups is 1. The number of hydrogen-bond donors (Lipinski definition) is 0. The van der Waals surface area contributed by atoms with Crippen molar-refractivity contribution in [3.8, 4) is 86.2 Å². The molecule has 12 aromatic carbocycles. The van der Waals surface area contributed by atoms with Gasteiger partial charge in [-0.1, -0.05) is 202 Å². The van der Waals surface area contributed by atoms with Gasteiger partial charge in [-0.2, -0.15) is 4.57 Å². The molecule has 3 saturated heterocycles. The SMILES string of the molecule is C=C1C(=O)N(c2cc(OC)c(OC)c(OC)c2)[C@H]1c1cc(OP(=O)(Oc2cc([C@H]3C(=C)C(=O)N3c3cc(OC)c(OC)c(OC)c3)c(Cc3ccccc3)c(Cc3ccccc3)c2OC)Oc2cc([C@H]3C(=C)C(=O)N3c3cc(OC)c(OC)c(OC)c3)c(Cc3ccccc3)c(Cc3ccccc3)c2OC)c(OC)c(Cc2ccccc2)c1Cc1ccccc1. The van der Waals surface area contributed by atoms with E-state index in [1.807, 2.05) is 182 Å². The number of carbonyl (C=O) groups is 3.